The Morgan fingerprint density at radius 2 is 1.15 bits per heavy atom. The number of hydrogen-bond acceptors (Lipinski definition) is 4. The first-order valence-electron chi connectivity index (χ1n) is 16.7. The fraction of sp³-hybridized carbons (Fsp3) is 0.909. The van der Waals surface area contributed by atoms with Gasteiger partial charge in [-0.15, -0.1) is 0 Å². The summed E-state index contributed by atoms with van der Waals surface area (Å²) in [5, 5.41) is 3.03. The van der Waals surface area contributed by atoms with Crippen molar-refractivity contribution in [1.82, 2.24) is 10.2 Å². The minimum Gasteiger partial charge on any atom is -0.356 e. The minimum atomic E-state index is -0.825. The molecule has 0 saturated carbocycles. The van der Waals surface area contributed by atoms with Gasteiger partial charge in [0.05, 0.1) is 6.04 Å². The Balaban J connectivity index is 4.83. The molecule has 0 spiro atoms. The summed E-state index contributed by atoms with van der Waals surface area (Å²) in [5.74, 6) is 0.320. The fourth-order valence-electron chi connectivity index (χ4n) is 5.11. The molecular weight excluding hydrogens is 486 g/mol. The summed E-state index contributed by atoms with van der Waals surface area (Å²) < 4.78 is 0. The molecule has 0 aliphatic carbocycles. The van der Waals surface area contributed by atoms with Crippen molar-refractivity contribution in [3.8, 4) is 0 Å². The Bertz CT molecular complexity index is 625. The van der Waals surface area contributed by atoms with Crippen LogP contribution in [-0.2, 0) is 14.4 Å². The van der Waals surface area contributed by atoms with Crippen LogP contribution in [0.15, 0.2) is 0 Å². The molecule has 0 heterocycles. The van der Waals surface area contributed by atoms with Crippen molar-refractivity contribution < 1.29 is 14.4 Å². The highest BCUT2D eigenvalue weighted by molar-refractivity contribution is 5.98. The predicted octanol–water partition coefficient (Wildman–Crippen LogP) is 7.92. The van der Waals surface area contributed by atoms with Gasteiger partial charge >= 0.3 is 0 Å². The number of unbranched alkanes of at least 4 members (excludes halogenated alkanes) is 10. The molecule has 0 saturated heterocycles. The smallest absolute Gasteiger partial charge is 0.246 e. The molecular formula is C33H65N3O3. The Morgan fingerprint density at radius 3 is 1.69 bits per heavy atom. The molecule has 0 radical (unpaired) electrons. The number of carbonyl (C=O) groups is 3. The van der Waals surface area contributed by atoms with Gasteiger partial charge in [-0.1, -0.05) is 125 Å². The first-order valence-corrected chi connectivity index (χ1v) is 16.7. The van der Waals surface area contributed by atoms with Crippen LogP contribution in [0.5, 0.6) is 0 Å². The number of rotatable bonds is 26. The van der Waals surface area contributed by atoms with Crippen LogP contribution in [0.4, 0.5) is 0 Å². The molecule has 3 amide bonds. The summed E-state index contributed by atoms with van der Waals surface area (Å²) >= 11 is 0. The maximum absolute atomic E-state index is 13.4. The van der Waals surface area contributed by atoms with Gasteiger partial charge in [0.1, 0.15) is 0 Å². The number of nitrogens with zero attached hydrogens (tertiary/aromatic N) is 1. The topological polar surface area (TPSA) is 92.5 Å². The van der Waals surface area contributed by atoms with Crippen LogP contribution >= 0.6 is 0 Å². The van der Waals surface area contributed by atoms with Crippen LogP contribution in [0.3, 0.4) is 0 Å². The van der Waals surface area contributed by atoms with Gasteiger partial charge in [-0.05, 0) is 37.5 Å². The summed E-state index contributed by atoms with van der Waals surface area (Å²) in [4.78, 5) is 40.5. The van der Waals surface area contributed by atoms with E-state index in [9.17, 15) is 14.4 Å². The van der Waals surface area contributed by atoms with E-state index >= 15 is 0 Å². The van der Waals surface area contributed by atoms with Crippen molar-refractivity contribution in [3.05, 3.63) is 0 Å². The normalized spacial score (nSPS) is 13.6. The highest BCUT2D eigenvalue weighted by atomic mass is 16.2. The second-order valence-corrected chi connectivity index (χ2v) is 11.7. The summed E-state index contributed by atoms with van der Waals surface area (Å²) in [5.41, 5.74) is 6.29. The lowest BCUT2D eigenvalue weighted by Crippen LogP contribution is -2.49. The SMILES string of the molecule is CCCCCCCCCCCC(=O)N(CC(CC)CCCC)C(=O)[C@@H](N)CCC(=O)NCC(CC)CCCC. The Kier molecular flexibility index (Phi) is 24.6. The van der Waals surface area contributed by atoms with Crippen LogP contribution in [0.1, 0.15) is 163 Å². The van der Waals surface area contributed by atoms with Gasteiger partial charge in [-0.25, -0.2) is 0 Å². The molecule has 3 N–H and O–H groups in total. The average molecular weight is 552 g/mol. The first-order chi connectivity index (χ1) is 18.8. The quantitative estimate of drug-likeness (QED) is 0.107. The van der Waals surface area contributed by atoms with Gasteiger partial charge in [0, 0.05) is 25.9 Å². The molecule has 3 atom stereocenters. The van der Waals surface area contributed by atoms with Crippen molar-refractivity contribution in [3.63, 3.8) is 0 Å². The monoisotopic (exact) mass is 552 g/mol. The number of nitrogens with one attached hydrogen (secondary N) is 1. The summed E-state index contributed by atoms with van der Waals surface area (Å²) in [7, 11) is 0. The molecule has 0 aliphatic rings. The van der Waals surface area contributed by atoms with Gasteiger partial charge in [0.15, 0.2) is 0 Å². The second-order valence-electron chi connectivity index (χ2n) is 11.7. The molecule has 2 unspecified atom stereocenters. The molecule has 0 fully saturated rings. The average Bonchev–Trinajstić information content (AvgIpc) is 2.94. The Labute approximate surface area is 242 Å². The van der Waals surface area contributed by atoms with Crippen LogP contribution in [0, 0.1) is 11.8 Å². The number of imide groups is 1. The standard InChI is InChI=1S/C33H65N3O3/c1-6-11-14-15-16-17-18-19-20-23-32(38)36(27-29(10-5)22-13-8-3)33(39)30(34)24-25-31(37)35-26-28(9-4)21-12-7-2/h28-30H,6-27,34H2,1-5H3,(H,35,37)/t28?,29?,30-/m0/s1. The number of amides is 3. The van der Waals surface area contributed by atoms with Crippen LogP contribution in [0.2, 0.25) is 0 Å². The van der Waals surface area contributed by atoms with Crippen LogP contribution in [-0.4, -0.2) is 41.8 Å². The van der Waals surface area contributed by atoms with E-state index in [1.54, 1.807) is 0 Å². The van der Waals surface area contributed by atoms with Gasteiger partial charge in [-0.3, -0.25) is 19.3 Å². The Hall–Kier alpha value is -1.43. The maximum atomic E-state index is 13.4. The lowest BCUT2D eigenvalue weighted by molar-refractivity contribution is -0.146. The zero-order valence-corrected chi connectivity index (χ0v) is 26.5. The van der Waals surface area contributed by atoms with Gasteiger partial charge < -0.3 is 11.1 Å². The second kappa shape index (κ2) is 25.5. The Morgan fingerprint density at radius 1 is 0.641 bits per heavy atom. The summed E-state index contributed by atoms with van der Waals surface area (Å²) in [6.07, 6.45) is 20.2. The van der Waals surface area contributed by atoms with Crippen molar-refractivity contribution in [2.45, 2.75) is 169 Å². The van der Waals surface area contributed by atoms with Crippen molar-refractivity contribution in [2.75, 3.05) is 13.1 Å². The minimum absolute atomic E-state index is 0.0600. The fourth-order valence-corrected chi connectivity index (χ4v) is 5.11. The van der Waals surface area contributed by atoms with E-state index in [1.165, 1.54) is 49.8 Å². The third-order valence-electron chi connectivity index (χ3n) is 8.18. The molecule has 6 nitrogen and oxygen atoms in total. The number of hydrogen-bond donors (Lipinski definition) is 2. The maximum Gasteiger partial charge on any atom is 0.246 e. The molecule has 39 heavy (non-hydrogen) atoms. The molecule has 0 bridgehead atoms. The van der Waals surface area contributed by atoms with E-state index in [0.29, 0.717) is 31.3 Å². The van der Waals surface area contributed by atoms with Crippen molar-refractivity contribution in [1.29, 1.82) is 0 Å². The molecule has 0 aromatic heterocycles. The first kappa shape index (κ1) is 37.6. The third kappa shape index (κ3) is 19.3. The summed E-state index contributed by atoms with van der Waals surface area (Å²) in [6.45, 7) is 12.0. The van der Waals surface area contributed by atoms with Gasteiger partial charge in [0.2, 0.25) is 17.7 Å². The highest BCUT2D eigenvalue weighted by Crippen LogP contribution is 2.18. The molecule has 0 aliphatic heterocycles. The van der Waals surface area contributed by atoms with Gasteiger partial charge in [0.25, 0.3) is 0 Å². The lowest BCUT2D eigenvalue weighted by Gasteiger charge is -2.28. The zero-order chi connectivity index (χ0) is 29.3. The number of carbonyl (C=O) groups excluding carboxylic acids is 3. The van der Waals surface area contributed by atoms with Crippen molar-refractivity contribution >= 4 is 17.7 Å². The number of nitrogens with two attached hydrogens (primary N) is 1. The largest absolute Gasteiger partial charge is 0.356 e. The summed E-state index contributed by atoms with van der Waals surface area (Å²) in [6, 6.07) is -0.825. The van der Waals surface area contributed by atoms with E-state index in [0.717, 1.165) is 64.2 Å². The van der Waals surface area contributed by atoms with E-state index in [4.69, 9.17) is 5.73 Å². The van der Waals surface area contributed by atoms with Gasteiger partial charge in [-0.2, -0.15) is 0 Å². The molecule has 0 rings (SSSR count). The zero-order valence-electron chi connectivity index (χ0n) is 26.5. The lowest BCUT2D eigenvalue weighted by atomic mass is 9.97. The van der Waals surface area contributed by atoms with E-state index in [2.05, 4.69) is 39.9 Å². The molecule has 6 heteroatoms. The van der Waals surface area contributed by atoms with E-state index < -0.39 is 6.04 Å². The molecule has 230 valence electrons. The van der Waals surface area contributed by atoms with Crippen molar-refractivity contribution in [2.24, 2.45) is 17.6 Å². The molecule has 0 aromatic rings. The van der Waals surface area contributed by atoms with Crippen LogP contribution in [0.25, 0.3) is 0 Å². The van der Waals surface area contributed by atoms with E-state index in [-0.39, 0.29) is 30.6 Å². The third-order valence-corrected chi connectivity index (χ3v) is 8.18. The predicted molar refractivity (Wildman–Crippen MR) is 165 cm³/mol. The van der Waals surface area contributed by atoms with Crippen LogP contribution < -0.4 is 11.1 Å². The van der Waals surface area contributed by atoms with E-state index in [1.807, 2.05) is 0 Å². The highest BCUT2D eigenvalue weighted by Gasteiger charge is 2.28. The molecule has 0 aromatic carbocycles.